The van der Waals surface area contributed by atoms with Gasteiger partial charge in [-0.05, 0) is 41.5 Å². The van der Waals surface area contributed by atoms with Gasteiger partial charge in [-0.15, -0.1) is 0 Å². The molecule has 0 amide bonds. The van der Waals surface area contributed by atoms with Crippen molar-refractivity contribution in [3.63, 3.8) is 0 Å². The van der Waals surface area contributed by atoms with Crippen LogP contribution in [0.5, 0.6) is 11.5 Å². The molecule has 6 heteroatoms. The molecule has 0 radical (unpaired) electrons. The number of piperazine rings is 1. The van der Waals surface area contributed by atoms with Gasteiger partial charge in [0, 0.05) is 69.6 Å². The van der Waals surface area contributed by atoms with E-state index in [0.717, 1.165) is 56.3 Å². The standard InChI is InChI=1S/C24H28N4O2/c1-29-23-5-4-21(15-24(23)30-19-22-3-2-8-26-16-22)18-28-13-11-27(12-14-28)17-20-6-9-25-10-7-20/h2-10,15-16H,11-14,17-19H2,1H3. The number of aromatic nitrogens is 2. The molecule has 0 aliphatic carbocycles. The zero-order chi connectivity index (χ0) is 20.6. The molecule has 0 spiro atoms. The lowest BCUT2D eigenvalue weighted by molar-refractivity contribution is 0.122. The van der Waals surface area contributed by atoms with Gasteiger partial charge in [0.1, 0.15) is 6.61 Å². The molecule has 0 unspecified atom stereocenters. The predicted octanol–water partition coefficient (Wildman–Crippen LogP) is 3.38. The molecular formula is C24H28N4O2. The van der Waals surface area contributed by atoms with Gasteiger partial charge in [0.05, 0.1) is 7.11 Å². The van der Waals surface area contributed by atoms with Crippen molar-refractivity contribution in [2.75, 3.05) is 33.3 Å². The second kappa shape index (κ2) is 10.2. The third-order valence-corrected chi connectivity index (χ3v) is 5.37. The molecule has 3 aromatic rings. The quantitative estimate of drug-likeness (QED) is 0.574. The molecule has 0 N–H and O–H groups in total. The van der Waals surface area contributed by atoms with Crippen molar-refractivity contribution in [2.45, 2.75) is 19.7 Å². The SMILES string of the molecule is COc1ccc(CN2CCN(Cc3ccncc3)CC2)cc1OCc1cccnc1. The van der Waals surface area contributed by atoms with Crippen molar-refractivity contribution in [2.24, 2.45) is 0 Å². The lowest BCUT2D eigenvalue weighted by atomic mass is 10.1. The topological polar surface area (TPSA) is 50.7 Å². The highest BCUT2D eigenvalue weighted by Gasteiger charge is 2.18. The summed E-state index contributed by atoms with van der Waals surface area (Å²) in [6, 6.07) is 14.3. The van der Waals surface area contributed by atoms with Crippen LogP contribution in [0.1, 0.15) is 16.7 Å². The molecule has 30 heavy (non-hydrogen) atoms. The fourth-order valence-electron chi connectivity index (χ4n) is 3.69. The van der Waals surface area contributed by atoms with Crippen molar-refractivity contribution in [3.05, 3.63) is 83.9 Å². The van der Waals surface area contributed by atoms with Crippen LogP contribution in [0.2, 0.25) is 0 Å². The van der Waals surface area contributed by atoms with Gasteiger partial charge in [0.25, 0.3) is 0 Å². The van der Waals surface area contributed by atoms with E-state index in [1.807, 2.05) is 36.8 Å². The fraction of sp³-hybridized carbons (Fsp3) is 0.333. The van der Waals surface area contributed by atoms with E-state index in [0.29, 0.717) is 6.61 Å². The Hall–Kier alpha value is -2.96. The third kappa shape index (κ3) is 5.55. The van der Waals surface area contributed by atoms with E-state index in [4.69, 9.17) is 9.47 Å². The van der Waals surface area contributed by atoms with Crippen LogP contribution in [0, 0.1) is 0 Å². The Bertz CT molecular complexity index is 913. The molecule has 4 rings (SSSR count). The van der Waals surface area contributed by atoms with Crippen molar-refractivity contribution in [3.8, 4) is 11.5 Å². The molecule has 1 aromatic carbocycles. The maximum atomic E-state index is 6.03. The van der Waals surface area contributed by atoms with Gasteiger partial charge in [-0.1, -0.05) is 12.1 Å². The highest BCUT2D eigenvalue weighted by molar-refractivity contribution is 5.43. The van der Waals surface area contributed by atoms with Crippen molar-refractivity contribution in [1.82, 2.24) is 19.8 Å². The maximum absolute atomic E-state index is 6.03. The molecule has 1 fully saturated rings. The molecular weight excluding hydrogens is 376 g/mol. The smallest absolute Gasteiger partial charge is 0.161 e. The molecule has 1 aliphatic rings. The molecule has 2 aromatic heterocycles. The average molecular weight is 405 g/mol. The molecule has 6 nitrogen and oxygen atoms in total. The van der Waals surface area contributed by atoms with Gasteiger partial charge in [-0.3, -0.25) is 19.8 Å². The molecule has 0 bridgehead atoms. The van der Waals surface area contributed by atoms with Crippen molar-refractivity contribution < 1.29 is 9.47 Å². The van der Waals surface area contributed by atoms with Crippen LogP contribution in [0.4, 0.5) is 0 Å². The summed E-state index contributed by atoms with van der Waals surface area (Å²) in [7, 11) is 1.67. The first kappa shape index (κ1) is 20.3. The van der Waals surface area contributed by atoms with Crippen molar-refractivity contribution >= 4 is 0 Å². The van der Waals surface area contributed by atoms with Crippen LogP contribution in [-0.4, -0.2) is 53.1 Å². The summed E-state index contributed by atoms with van der Waals surface area (Å²) < 4.78 is 11.5. The van der Waals surface area contributed by atoms with Crippen molar-refractivity contribution in [1.29, 1.82) is 0 Å². The fourth-order valence-corrected chi connectivity index (χ4v) is 3.69. The second-order valence-corrected chi connectivity index (χ2v) is 7.54. The minimum Gasteiger partial charge on any atom is -0.493 e. The zero-order valence-electron chi connectivity index (χ0n) is 17.4. The minimum atomic E-state index is 0.474. The van der Waals surface area contributed by atoms with E-state index in [1.54, 1.807) is 13.3 Å². The van der Waals surface area contributed by atoms with Crippen LogP contribution in [-0.2, 0) is 19.7 Å². The molecule has 156 valence electrons. The highest BCUT2D eigenvalue weighted by Crippen LogP contribution is 2.29. The Labute approximate surface area is 178 Å². The van der Waals surface area contributed by atoms with Crippen LogP contribution in [0.15, 0.2) is 67.3 Å². The van der Waals surface area contributed by atoms with Crippen LogP contribution in [0.3, 0.4) is 0 Å². The molecule has 3 heterocycles. The van der Waals surface area contributed by atoms with E-state index in [1.165, 1.54) is 11.1 Å². The number of benzene rings is 1. The van der Waals surface area contributed by atoms with Gasteiger partial charge in [-0.2, -0.15) is 0 Å². The first-order valence-electron chi connectivity index (χ1n) is 10.3. The van der Waals surface area contributed by atoms with Gasteiger partial charge in [0.15, 0.2) is 11.5 Å². The third-order valence-electron chi connectivity index (χ3n) is 5.37. The van der Waals surface area contributed by atoms with E-state index in [9.17, 15) is 0 Å². The Morgan fingerprint density at radius 3 is 2.17 bits per heavy atom. The molecule has 0 atom stereocenters. The van der Waals surface area contributed by atoms with E-state index in [2.05, 4.69) is 44.0 Å². The normalized spacial score (nSPS) is 15.1. The van der Waals surface area contributed by atoms with E-state index in [-0.39, 0.29) is 0 Å². The first-order valence-corrected chi connectivity index (χ1v) is 10.3. The molecule has 1 aliphatic heterocycles. The van der Waals surface area contributed by atoms with Gasteiger partial charge in [-0.25, -0.2) is 0 Å². The molecule has 0 saturated carbocycles. The van der Waals surface area contributed by atoms with Gasteiger partial charge >= 0.3 is 0 Å². The summed E-state index contributed by atoms with van der Waals surface area (Å²) in [5.74, 6) is 1.53. The Morgan fingerprint density at radius 1 is 0.767 bits per heavy atom. The Morgan fingerprint density at radius 2 is 1.50 bits per heavy atom. The summed E-state index contributed by atoms with van der Waals surface area (Å²) >= 11 is 0. The number of pyridine rings is 2. The van der Waals surface area contributed by atoms with E-state index < -0.39 is 0 Å². The van der Waals surface area contributed by atoms with Gasteiger partial charge in [0.2, 0.25) is 0 Å². The lowest BCUT2D eigenvalue weighted by Crippen LogP contribution is -2.45. The summed E-state index contributed by atoms with van der Waals surface area (Å²) in [4.78, 5) is 13.2. The Kier molecular flexibility index (Phi) is 6.90. The zero-order valence-corrected chi connectivity index (χ0v) is 17.4. The number of hydrogen-bond donors (Lipinski definition) is 0. The largest absolute Gasteiger partial charge is 0.493 e. The number of rotatable bonds is 8. The highest BCUT2D eigenvalue weighted by atomic mass is 16.5. The summed E-state index contributed by atoms with van der Waals surface area (Å²) in [5, 5.41) is 0. The summed E-state index contributed by atoms with van der Waals surface area (Å²) in [6.07, 6.45) is 7.32. The van der Waals surface area contributed by atoms with Crippen LogP contribution < -0.4 is 9.47 Å². The Balaban J connectivity index is 1.32. The van der Waals surface area contributed by atoms with Gasteiger partial charge < -0.3 is 9.47 Å². The van der Waals surface area contributed by atoms with Crippen LogP contribution in [0.25, 0.3) is 0 Å². The van der Waals surface area contributed by atoms with E-state index >= 15 is 0 Å². The summed E-state index contributed by atoms with van der Waals surface area (Å²) in [5.41, 5.74) is 3.60. The number of methoxy groups -OCH3 is 1. The number of nitrogens with zero attached hydrogens (tertiary/aromatic N) is 4. The summed E-state index contributed by atoms with van der Waals surface area (Å²) in [6.45, 7) is 6.64. The lowest BCUT2D eigenvalue weighted by Gasteiger charge is -2.34. The average Bonchev–Trinajstić information content (AvgIpc) is 2.80. The number of hydrogen-bond acceptors (Lipinski definition) is 6. The maximum Gasteiger partial charge on any atom is 0.161 e. The predicted molar refractivity (Wildman–Crippen MR) is 116 cm³/mol. The second-order valence-electron chi connectivity index (χ2n) is 7.54. The minimum absolute atomic E-state index is 0.474. The molecule has 1 saturated heterocycles. The van der Waals surface area contributed by atoms with Crippen LogP contribution >= 0.6 is 0 Å². The number of ether oxygens (including phenoxy) is 2. The monoisotopic (exact) mass is 404 g/mol. The first-order chi connectivity index (χ1) is 14.8.